The predicted octanol–water partition coefficient (Wildman–Crippen LogP) is 2.16. The van der Waals surface area contributed by atoms with Crippen LogP contribution in [0.2, 0.25) is 0 Å². The number of nitrogens with zero attached hydrogens (tertiary/aromatic N) is 2. The molecule has 0 radical (unpaired) electrons. The summed E-state index contributed by atoms with van der Waals surface area (Å²) in [6, 6.07) is 9.08. The first-order chi connectivity index (χ1) is 11.1. The maximum Gasteiger partial charge on any atom is 0.308 e. The van der Waals surface area contributed by atoms with Crippen LogP contribution in [0.4, 0.5) is 4.39 Å². The molecule has 1 N–H and O–H groups in total. The fraction of sp³-hybridized carbons (Fsp3) is 0.235. The smallest absolute Gasteiger partial charge is 0.308 e. The van der Waals surface area contributed by atoms with Crippen LogP contribution in [0.1, 0.15) is 21.8 Å². The molecule has 2 atom stereocenters. The molecule has 5 nitrogen and oxygen atoms in total. The van der Waals surface area contributed by atoms with Gasteiger partial charge in [-0.15, -0.1) is 0 Å². The molecule has 1 saturated heterocycles. The number of carboxylic acid groups (broad SMARTS) is 1. The highest BCUT2D eigenvalue weighted by molar-refractivity contribution is 5.94. The van der Waals surface area contributed by atoms with E-state index in [0.29, 0.717) is 5.56 Å². The molecule has 6 heteroatoms. The van der Waals surface area contributed by atoms with E-state index in [-0.39, 0.29) is 30.7 Å². The summed E-state index contributed by atoms with van der Waals surface area (Å²) in [7, 11) is 0. The third-order valence-corrected chi connectivity index (χ3v) is 4.13. The predicted molar refractivity (Wildman–Crippen MR) is 80.4 cm³/mol. The SMILES string of the molecule is O=C(O)[C@H]1CN(C(=O)c2cccnc2)C[C@@H]1c1ccc(F)cc1. The topological polar surface area (TPSA) is 70.5 Å². The number of hydrogen-bond donors (Lipinski definition) is 1. The van der Waals surface area contributed by atoms with E-state index in [1.54, 1.807) is 30.5 Å². The fourth-order valence-electron chi connectivity index (χ4n) is 2.94. The summed E-state index contributed by atoms with van der Waals surface area (Å²) in [5, 5.41) is 9.45. The van der Waals surface area contributed by atoms with Crippen molar-refractivity contribution in [3.8, 4) is 0 Å². The lowest BCUT2D eigenvalue weighted by Crippen LogP contribution is -2.29. The van der Waals surface area contributed by atoms with Gasteiger partial charge >= 0.3 is 5.97 Å². The van der Waals surface area contributed by atoms with Crippen LogP contribution >= 0.6 is 0 Å². The lowest BCUT2D eigenvalue weighted by Gasteiger charge is -2.16. The van der Waals surface area contributed by atoms with Crippen LogP contribution in [0.15, 0.2) is 48.8 Å². The number of likely N-dealkylation sites (tertiary alicyclic amines) is 1. The van der Waals surface area contributed by atoms with E-state index >= 15 is 0 Å². The van der Waals surface area contributed by atoms with Gasteiger partial charge < -0.3 is 10.0 Å². The Morgan fingerprint density at radius 3 is 2.52 bits per heavy atom. The number of aliphatic carboxylic acids is 1. The zero-order valence-electron chi connectivity index (χ0n) is 12.2. The van der Waals surface area contributed by atoms with Gasteiger partial charge in [0.15, 0.2) is 0 Å². The van der Waals surface area contributed by atoms with E-state index in [0.717, 1.165) is 5.56 Å². The zero-order chi connectivity index (χ0) is 16.4. The van der Waals surface area contributed by atoms with Crippen LogP contribution in [-0.2, 0) is 4.79 Å². The van der Waals surface area contributed by atoms with Gasteiger partial charge in [-0.05, 0) is 29.8 Å². The molecule has 1 aromatic heterocycles. The molecular weight excluding hydrogens is 299 g/mol. The molecule has 0 spiro atoms. The number of carbonyl (C=O) groups is 2. The van der Waals surface area contributed by atoms with E-state index in [9.17, 15) is 19.1 Å². The first-order valence-corrected chi connectivity index (χ1v) is 7.24. The Morgan fingerprint density at radius 2 is 1.91 bits per heavy atom. The van der Waals surface area contributed by atoms with Gasteiger partial charge in [-0.1, -0.05) is 12.1 Å². The zero-order valence-corrected chi connectivity index (χ0v) is 12.2. The monoisotopic (exact) mass is 314 g/mol. The van der Waals surface area contributed by atoms with E-state index in [1.807, 2.05) is 0 Å². The second kappa shape index (κ2) is 6.16. The molecule has 1 aromatic carbocycles. The third-order valence-electron chi connectivity index (χ3n) is 4.13. The average molecular weight is 314 g/mol. The molecule has 2 aromatic rings. The second-order valence-electron chi connectivity index (χ2n) is 5.55. The first kappa shape index (κ1) is 15.1. The number of benzene rings is 1. The number of pyridine rings is 1. The van der Waals surface area contributed by atoms with Gasteiger partial charge in [0, 0.05) is 31.4 Å². The molecule has 0 saturated carbocycles. The minimum Gasteiger partial charge on any atom is -0.481 e. The summed E-state index contributed by atoms with van der Waals surface area (Å²) in [5.41, 5.74) is 1.15. The first-order valence-electron chi connectivity index (χ1n) is 7.24. The standard InChI is InChI=1S/C17H15FN2O3/c18-13-5-3-11(4-6-13)14-9-20(10-15(14)17(22)23)16(21)12-2-1-7-19-8-12/h1-8,14-15H,9-10H2,(H,22,23)/t14-,15+/m1/s1. The van der Waals surface area contributed by atoms with Crippen molar-refractivity contribution in [1.82, 2.24) is 9.88 Å². The van der Waals surface area contributed by atoms with Crippen LogP contribution in [0.25, 0.3) is 0 Å². The van der Waals surface area contributed by atoms with Gasteiger partial charge in [-0.25, -0.2) is 4.39 Å². The fourth-order valence-corrected chi connectivity index (χ4v) is 2.94. The lowest BCUT2D eigenvalue weighted by molar-refractivity contribution is -0.141. The molecule has 1 amide bonds. The Hall–Kier alpha value is -2.76. The number of rotatable bonds is 3. The van der Waals surface area contributed by atoms with Crippen molar-refractivity contribution >= 4 is 11.9 Å². The Balaban J connectivity index is 1.85. The maximum absolute atomic E-state index is 13.1. The minimum absolute atomic E-state index is 0.130. The second-order valence-corrected chi connectivity index (χ2v) is 5.55. The molecule has 0 aliphatic carbocycles. The van der Waals surface area contributed by atoms with Gasteiger partial charge in [0.1, 0.15) is 5.82 Å². The van der Waals surface area contributed by atoms with Crippen molar-refractivity contribution < 1.29 is 19.1 Å². The highest BCUT2D eigenvalue weighted by Crippen LogP contribution is 2.33. The molecule has 1 fully saturated rings. The Labute approximate surface area is 132 Å². The van der Waals surface area contributed by atoms with E-state index in [2.05, 4.69) is 4.98 Å². The number of amides is 1. The number of carboxylic acids is 1. The van der Waals surface area contributed by atoms with Gasteiger partial charge in [0.2, 0.25) is 0 Å². The van der Waals surface area contributed by atoms with Crippen LogP contribution in [-0.4, -0.2) is 40.0 Å². The number of hydrogen-bond acceptors (Lipinski definition) is 3. The van der Waals surface area contributed by atoms with Crippen molar-refractivity contribution in [3.05, 3.63) is 65.7 Å². The quantitative estimate of drug-likeness (QED) is 0.942. The molecule has 23 heavy (non-hydrogen) atoms. The molecule has 1 aliphatic heterocycles. The van der Waals surface area contributed by atoms with Crippen molar-refractivity contribution in [2.45, 2.75) is 5.92 Å². The highest BCUT2D eigenvalue weighted by Gasteiger charge is 2.40. The van der Waals surface area contributed by atoms with Crippen LogP contribution in [0.3, 0.4) is 0 Å². The van der Waals surface area contributed by atoms with Crippen LogP contribution < -0.4 is 0 Å². The molecule has 118 valence electrons. The lowest BCUT2D eigenvalue weighted by atomic mass is 9.89. The molecule has 3 rings (SSSR count). The molecule has 2 heterocycles. The van der Waals surface area contributed by atoms with E-state index < -0.39 is 11.9 Å². The highest BCUT2D eigenvalue weighted by atomic mass is 19.1. The summed E-state index contributed by atoms with van der Waals surface area (Å²) in [6.07, 6.45) is 3.03. The normalized spacial score (nSPS) is 20.5. The largest absolute Gasteiger partial charge is 0.481 e. The number of aromatic nitrogens is 1. The number of halogens is 1. The molecule has 0 unspecified atom stereocenters. The van der Waals surface area contributed by atoms with Gasteiger partial charge in [0.05, 0.1) is 11.5 Å². The summed E-state index contributed by atoms with van der Waals surface area (Å²) in [5.74, 6) is -2.63. The summed E-state index contributed by atoms with van der Waals surface area (Å²) in [6.45, 7) is 0.418. The van der Waals surface area contributed by atoms with Crippen LogP contribution in [0, 0.1) is 11.7 Å². The van der Waals surface area contributed by atoms with Crippen molar-refractivity contribution in [1.29, 1.82) is 0 Å². The number of carbonyl (C=O) groups excluding carboxylic acids is 1. The van der Waals surface area contributed by atoms with Crippen molar-refractivity contribution in [2.24, 2.45) is 5.92 Å². The Morgan fingerprint density at radius 1 is 1.17 bits per heavy atom. The Bertz CT molecular complexity index is 718. The van der Waals surface area contributed by atoms with Crippen LogP contribution in [0.5, 0.6) is 0 Å². The van der Waals surface area contributed by atoms with Gasteiger partial charge in [0.25, 0.3) is 5.91 Å². The molecule has 0 bridgehead atoms. The van der Waals surface area contributed by atoms with Crippen molar-refractivity contribution in [2.75, 3.05) is 13.1 Å². The molecule has 1 aliphatic rings. The Kier molecular flexibility index (Phi) is 4.06. The summed E-state index contributed by atoms with van der Waals surface area (Å²) in [4.78, 5) is 29.4. The van der Waals surface area contributed by atoms with E-state index in [1.165, 1.54) is 23.2 Å². The summed E-state index contributed by atoms with van der Waals surface area (Å²) >= 11 is 0. The van der Waals surface area contributed by atoms with Gasteiger partial charge in [-0.2, -0.15) is 0 Å². The average Bonchev–Trinajstić information content (AvgIpc) is 3.01. The van der Waals surface area contributed by atoms with Crippen molar-refractivity contribution in [3.63, 3.8) is 0 Å². The van der Waals surface area contributed by atoms with Gasteiger partial charge in [-0.3, -0.25) is 14.6 Å². The van der Waals surface area contributed by atoms with E-state index in [4.69, 9.17) is 0 Å². The minimum atomic E-state index is -0.958. The molecular formula is C17H15FN2O3. The third kappa shape index (κ3) is 3.06. The summed E-state index contributed by atoms with van der Waals surface area (Å²) < 4.78 is 13.1. The maximum atomic E-state index is 13.1.